The number of aliphatic carboxylic acids is 2. The molecule has 0 fully saturated rings. The molecule has 19 heteroatoms. The van der Waals surface area contributed by atoms with Crippen LogP contribution in [0, 0.1) is 0 Å². The zero-order chi connectivity index (χ0) is 37.0. The summed E-state index contributed by atoms with van der Waals surface area (Å²) >= 11 is 0. The lowest BCUT2D eigenvalue weighted by molar-refractivity contribution is -0.193. The van der Waals surface area contributed by atoms with E-state index in [0.717, 1.165) is 17.0 Å². The lowest BCUT2D eigenvalue weighted by Gasteiger charge is -2.19. The van der Waals surface area contributed by atoms with Gasteiger partial charge in [0.05, 0.1) is 25.4 Å². The van der Waals surface area contributed by atoms with Crippen LogP contribution in [0.4, 0.5) is 32.0 Å². The lowest BCUT2D eigenvalue weighted by atomic mass is 10.0. The second-order valence-electron chi connectivity index (χ2n) is 10.6. The molecule has 3 aromatic rings. The van der Waals surface area contributed by atoms with Gasteiger partial charge in [-0.25, -0.2) is 14.4 Å². The maximum absolute atomic E-state index is 13.3. The highest BCUT2D eigenvalue weighted by Gasteiger charge is 2.39. The number of aryl methyl sites for hydroxylation is 1. The largest absolute Gasteiger partial charge is 0.497 e. The van der Waals surface area contributed by atoms with E-state index in [4.69, 9.17) is 29.3 Å². The number of amides is 1. The summed E-state index contributed by atoms with van der Waals surface area (Å²) in [6, 6.07) is 7.48. The van der Waals surface area contributed by atoms with Crippen molar-refractivity contribution < 1.29 is 65.2 Å². The number of aromatic nitrogens is 3. The Hall–Kier alpha value is -5.23. The molecule has 0 saturated heterocycles. The number of methoxy groups -OCH3 is 1. The van der Waals surface area contributed by atoms with Crippen LogP contribution >= 0.6 is 0 Å². The fourth-order valence-electron chi connectivity index (χ4n) is 3.59. The molecule has 0 aliphatic rings. The van der Waals surface area contributed by atoms with Crippen LogP contribution < -0.4 is 15.4 Å². The van der Waals surface area contributed by atoms with E-state index in [-0.39, 0.29) is 5.91 Å². The molecular formula is C29H35F6N5O8. The van der Waals surface area contributed by atoms with Gasteiger partial charge in [0.1, 0.15) is 17.0 Å². The minimum absolute atomic E-state index is 0.265. The summed E-state index contributed by atoms with van der Waals surface area (Å²) < 4.78 is 75.9. The van der Waals surface area contributed by atoms with Gasteiger partial charge < -0.3 is 35.3 Å². The summed E-state index contributed by atoms with van der Waals surface area (Å²) in [5.41, 5.74) is 3.08. The van der Waals surface area contributed by atoms with Crippen molar-refractivity contribution in [3.8, 4) is 5.75 Å². The lowest BCUT2D eigenvalue weighted by Crippen LogP contribution is -2.26. The zero-order valence-corrected chi connectivity index (χ0v) is 26.6. The van der Waals surface area contributed by atoms with Crippen LogP contribution in [-0.2, 0) is 40.9 Å². The smallest absolute Gasteiger partial charge is 0.490 e. The number of halogens is 6. The number of carbonyl (C=O) groups excluding carboxylic acids is 2. The Kier molecular flexibility index (Phi) is 14.5. The van der Waals surface area contributed by atoms with Gasteiger partial charge in [0.2, 0.25) is 0 Å². The number of hydrogen-bond acceptors (Lipinski definition) is 8. The van der Waals surface area contributed by atoms with Crippen LogP contribution in [0.25, 0.3) is 0 Å². The maximum Gasteiger partial charge on any atom is 0.490 e. The third kappa shape index (κ3) is 13.6. The molecule has 0 atom stereocenters. The highest BCUT2D eigenvalue weighted by molar-refractivity contribution is 6.01. The number of nitrogens with one attached hydrogen (secondary N) is 3. The summed E-state index contributed by atoms with van der Waals surface area (Å²) in [6.45, 7) is 7.99. The number of carbonyl (C=O) groups is 4. The number of rotatable bonds is 9. The monoisotopic (exact) mass is 695 g/mol. The Morgan fingerprint density at radius 3 is 1.85 bits per heavy atom. The predicted octanol–water partition coefficient (Wildman–Crippen LogP) is 5.08. The molecule has 3 rings (SSSR count). The molecule has 1 amide bonds. The summed E-state index contributed by atoms with van der Waals surface area (Å²) in [5, 5.41) is 24.6. The molecule has 2 aromatic heterocycles. The molecule has 0 bridgehead atoms. The molecule has 5 N–H and O–H groups in total. The molecular weight excluding hydrogens is 660 g/mol. The second kappa shape index (κ2) is 17.1. The molecule has 1 aromatic carbocycles. The van der Waals surface area contributed by atoms with Gasteiger partial charge in [0.25, 0.3) is 5.91 Å². The maximum atomic E-state index is 13.3. The number of H-pyrrole nitrogens is 1. The van der Waals surface area contributed by atoms with Crippen molar-refractivity contribution in [3.05, 3.63) is 64.7 Å². The molecule has 0 saturated carbocycles. The number of aromatic amines is 1. The first-order valence-corrected chi connectivity index (χ1v) is 13.7. The van der Waals surface area contributed by atoms with Crippen molar-refractivity contribution in [2.24, 2.45) is 7.05 Å². The van der Waals surface area contributed by atoms with Crippen LogP contribution in [0.1, 0.15) is 65.4 Å². The third-order valence-corrected chi connectivity index (χ3v) is 5.62. The average Bonchev–Trinajstić information content (AvgIpc) is 3.56. The average molecular weight is 696 g/mol. The number of hydrogen-bond donors (Lipinski definition) is 5. The summed E-state index contributed by atoms with van der Waals surface area (Å²) in [7, 11) is 3.44. The highest BCUT2D eigenvalue weighted by atomic mass is 19.4. The van der Waals surface area contributed by atoms with Crippen LogP contribution in [0.15, 0.2) is 36.7 Å². The van der Waals surface area contributed by atoms with Crippen LogP contribution in [-0.4, -0.2) is 73.9 Å². The Morgan fingerprint density at radius 1 is 0.938 bits per heavy atom. The molecule has 48 heavy (non-hydrogen) atoms. The van der Waals surface area contributed by atoms with Gasteiger partial charge >= 0.3 is 30.3 Å². The first kappa shape index (κ1) is 40.8. The molecule has 0 unspecified atom stereocenters. The molecule has 2 heterocycles. The van der Waals surface area contributed by atoms with E-state index >= 15 is 0 Å². The third-order valence-electron chi connectivity index (χ3n) is 5.62. The van der Waals surface area contributed by atoms with E-state index in [0.29, 0.717) is 42.0 Å². The number of anilines is 1. The van der Waals surface area contributed by atoms with Gasteiger partial charge in [-0.15, -0.1) is 0 Å². The Bertz CT molecular complexity index is 1520. The number of carboxylic acids is 2. The fraction of sp³-hybridized carbons (Fsp3) is 0.414. The first-order chi connectivity index (χ1) is 22.0. The van der Waals surface area contributed by atoms with Gasteiger partial charge in [-0.3, -0.25) is 9.48 Å². The van der Waals surface area contributed by atoms with Crippen molar-refractivity contribution >= 4 is 29.5 Å². The standard InChI is InChI=1S/C25H33N5O4.2C2HF3O2/c1-7-19-21(23(31)27-12-16-13-28-30(5)15-16)20(29-22(19)24(32)34-25(2,3)4)14-26-17-8-10-18(33-6)11-9-17;2*3-2(4,5)1(6)7/h8-11,13,15,26,29H,7,12,14H2,1-6H3,(H,27,31);2*(H,6,7). The zero-order valence-electron chi connectivity index (χ0n) is 26.6. The van der Waals surface area contributed by atoms with Crippen molar-refractivity contribution in [1.82, 2.24) is 20.1 Å². The molecule has 0 spiro atoms. The minimum atomic E-state index is -5.08. The number of nitrogens with zero attached hydrogens (tertiary/aromatic N) is 2. The Morgan fingerprint density at radius 2 is 1.46 bits per heavy atom. The van der Waals surface area contributed by atoms with E-state index in [1.165, 1.54) is 0 Å². The van der Waals surface area contributed by atoms with Crippen molar-refractivity contribution in [2.75, 3.05) is 12.4 Å². The SMILES string of the molecule is CCc1c(C(=O)OC(C)(C)C)[nH]c(CNc2ccc(OC)cc2)c1C(=O)NCc1cnn(C)c1.O=C(O)C(F)(F)F.O=C(O)C(F)(F)F. The second-order valence-corrected chi connectivity index (χ2v) is 10.6. The number of esters is 1. The van der Waals surface area contributed by atoms with Gasteiger partial charge in [-0.2, -0.15) is 31.4 Å². The normalized spacial score (nSPS) is 11.2. The Labute approximate surface area is 270 Å². The molecule has 13 nitrogen and oxygen atoms in total. The van der Waals surface area contributed by atoms with E-state index in [1.54, 1.807) is 18.0 Å². The van der Waals surface area contributed by atoms with Crippen molar-refractivity contribution in [1.29, 1.82) is 0 Å². The Balaban J connectivity index is 0.000000687. The number of ether oxygens (including phenoxy) is 2. The fourth-order valence-corrected chi connectivity index (χ4v) is 3.59. The minimum Gasteiger partial charge on any atom is -0.497 e. The predicted molar refractivity (Wildman–Crippen MR) is 157 cm³/mol. The van der Waals surface area contributed by atoms with Gasteiger partial charge in [-0.05, 0) is 57.0 Å². The number of alkyl halides is 6. The highest BCUT2D eigenvalue weighted by Crippen LogP contribution is 2.25. The van der Waals surface area contributed by atoms with Crippen molar-refractivity contribution in [3.63, 3.8) is 0 Å². The van der Waals surface area contributed by atoms with E-state index in [2.05, 4.69) is 20.7 Å². The van der Waals surface area contributed by atoms with Gasteiger partial charge in [-0.1, -0.05) is 6.92 Å². The summed E-state index contributed by atoms with van der Waals surface area (Å²) in [5.74, 6) is -5.51. The first-order valence-electron chi connectivity index (χ1n) is 13.7. The molecule has 266 valence electrons. The quantitative estimate of drug-likeness (QED) is 0.149. The van der Waals surface area contributed by atoms with Gasteiger partial charge in [0.15, 0.2) is 0 Å². The topological polar surface area (TPSA) is 185 Å². The molecule has 0 aliphatic carbocycles. The summed E-state index contributed by atoms with van der Waals surface area (Å²) in [4.78, 5) is 47.2. The van der Waals surface area contributed by atoms with Crippen LogP contribution in [0.2, 0.25) is 0 Å². The van der Waals surface area contributed by atoms with Gasteiger partial charge in [0, 0.05) is 36.7 Å². The number of carboxylic acid groups (broad SMARTS) is 2. The van der Waals surface area contributed by atoms with Crippen molar-refractivity contribution in [2.45, 2.75) is 65.2 Å². The summed E-state index contributed by atoms with van der Waals surface area (Å²) in [6.07, 6.45) is -6.13. The molecule has 0 aliphatic heterocycles. The number of benzene rings is 1. The van der Waals surface area contributed by atoms with E-state index in [1.807, 2.05) is 65.2 Å². The molecule has 0 radical (unpaired) electrons. The van der Waals surface area contributed by atoms with E-state index < -0.39 is 35.9 Å². The van der Waals surface area contributed by atoms with Crippen LogP contribution in [0.3, 0.4) is 0 Å². The van der Waals surface area contributed by atoms with Crippen LogP contribution in [0.5, 0.6) is 5.75 Å². The van der Waals surface area contributed by atoms with E-state index in [9.17, 15) is 35.9 Å².